The largest absolute Gasteiger partial charge is 0.492 e. The van der Waals surface area contributed by atoms with Crippen LogP contribution in [0.2, 0.25) is 0 Å². The molecular formula is C13H19BrO4S. The monoisotopic (exact) mass is 350 g/mol. The molecule has 1 aromatic rings. The van der Waals surface area contributed by atoms with E-state index in [0.717, 1.165) is 4.47 Å². The van der Waals surface area contributed by atoms with Crippen LogP contribution in [0.5, 0.6) is 5.75 Å². The second kappa shape index (κ2) is 6.72. The van der Waals surface area contributed by atoms with Crippen molar-refractivity contribution in [2.45, 2.75) is 32.1 Å². The molecule has 1 N–H and O–H groups in total. The molecule has 1 rings (SSSR count). The lowest BCUT2D eigenvalue weighted by Crippen LogP contribution is -2.22. The summed E-state index contributed by atoms with van der Waals surface area (Å²) in [5.74, 6) is 0.483. The zero-order valence-electron chi connectivity index (χ0n) is 11.3. The summed E-state index contributed by atoms with van der Waals surface area (Å²) >= 11 is 3.32. The summed E-state index contributed by atoms with van der Waals surface area (Å²) in [4.78, 5) is 0. The van der Waals surface area contributed by atoms with Gasteiger partial charge in [0.15, 0.2) is 9.84 Å². The highest BCUT2D eigenvalue weighted by atomic mass is 79.9. The van der Waals surface area contributed by atoms with E-state index in [4.69, 9.17) is 4.74 Å². The lowest BCUT2D eigenvalue weighted by Gasteiger charge is -2.14. The number of aliphatic hydroxyl groups excluding tert-OH is 1. The molecule has 1 atom stereocenters. The van der Waals surface area contributed by atoms with Gasteiger partial charge in [0.25, 0.3) is 0 Å². The van der Waals surface area contributed by atoms with E-state index in [-0.39, 0.29) is 12.4 Å². The third kappa shape index (κ3) is 4.78. The Bertz CT molecular complexity index is 523. The molecule has 0 aliphatic carbocycles. The van der Waals surface area contributed by atoms with Crippen LogP contribution < -0.4 is 4.74 Å². The standard InChI is InChI=1S/C13H19BrO4S/c1-9(2)19(16,17)7-6-18-13-5-4-11(14)8-12(13)10(3)15/h4-5,8-10,15H,6-7H2,1-3H3/t10-/m1/s1. The van der Waals surface area contributed by atoms with E-state index >= 15 is 0 Å². The van der Waals surface area contributed by atoms with Crippen molar-refractivity contribution in [1.29, 1.82) is 0 Å². The van der Waals surface area contributed by atoms with Crippen LogP contribution in [-0.2, 0) is 9.84 Å². The zero-order chi connectivity index (χ0) is 14.6. The van der Waals surface area contributed by atoms with Gasteiger partial charge in [0.05, 0.1) is 17.1 Å². The van der Waals surface area contributed by atoms with Gasteiger partial charge >= 0.3 is 0 Å². The van der Waals surface area contributed by atoms with Gasteiger partial charge in [0.2, 0.25) is 0 Å². The summed E-state index contributed by atoms with van der Waals surface area (Å²) in [6.45, 7) is 5.02. The van der Waals surface area contributed by atoms with Crippen molar-refractivity contribution in [1.82, 2.24) is 0 Å². The molecule has 0 spiro atoms. The molecule has 0 aliphatic rings. The van der Waals surface area contributed by atoms with Crippen molar-refractivity contribution < 1.29 is 18.3 Å². The SMILES string of the molecule is CC(C)S(=O)(=O)CCOc1ccc(Br)cc1[C@@H](C)O. The highest BCUT2D eigenvalue weighted by Gasteiger charge is 2.17. The highest BCUT2D eigenvalue weighted by Crippen LogP contribution is 2.28. The van der Waals surface area contributed by atoms with Gasteiger partial charge in [-0.05, 0) is 39.0 Å². The van der Waals surface area contributed by atoms with Crippen molar-refractivity contribution in [3.63, 3.8) is 0 Å². The molecule has 0 aromatic heterocycles. The number of halogens is 1. The third-order valence-corrected chi connectivity index (χ3v) is 5.43. The summed E-state index contributed by atoms with van der Waals surface area (Å²) in [5, 5.41) is 9.25. The predicted molar refractivity (Wildman–Crippen MR) is 79.2 cm³/mol. The number of hydrogen-bond donors (Lipinski definition) is 1. The first-order valence-electron chi connectivity index (χ1n) is 6.06. The number of aliphatic hydroxyl groups is 1. The van der Waals surface area contributed by atoms with Crippen molar-refractivity contribution in [3.8, 4) is 5.75 Å². The zero-order valence-corrected chi connectivity index (χ0v) is 13.7. The van der Waals surface area contributed by atoms with Gasteiger partial charge < -0.3 is 9.84 Å². The molecule has 1 aromatic carbocycles. The second-order valence-corrected chi connectivity index (χ2v) is 8.21. The molecule has 108 valence electrons. The van der Waals surface area contributed by atoms with Gasteiger partial charge in [0, 0.05) is 10.0 Å². The van der Waals surface area contributed by atoms with E-state index in [1.54, 1.807) is 39.0 Å². The summed E-state index contributed by atoms with van der Waals surface area (Å²) in [6, 6.07) is 5.27. The first-order chi connectivity index (χ1) is 8.74. The lowest BCUT2D eigenvalue weighted by atomic mass is 10.1. The van der Waals surface area contributed by atoms with Crippen LogP contribution >= 0.6 is 15.9 Å². The number of ether oxygens (including phenoxy) is 1. The van der Waals surface area contributed by atoms with Crippen LogP contribution in [0.15, 0.2) is 22.7 Å². The summed E-state index contributed by atoms with van der Waals surface area (Å²) in [7, 11) is -3.11. The summed E-state index contributed by atoms with van der Waals surface area (Å²) in [5.41, 5.74) is 0.635. The van der Waals surface area contributed by atoms with E-state index in [0.29, 0.717) is 11.3 Å². The maximum Gasteiger partial charge on any atom is 0.155 e. The smallest absolute Gasteiger partial charge is 0.155 e. The van der Waals surface area contributed by atoms with Crippen molar-refractivity contribution in [3.05, 3.63) is 28.2 Å². The van der Waals surface area contributed by atoms with Crippen molar-refractivity contribution in [2.75, 3.05) is 12.4 Å². The molecule has 0 fully saturated rings. The maximum absolute atomic E-state index is 11.7. The van der Waals surface area contributed by atoms with Crippen LogP contribution in [-0.4, -0.2) is 31.1 Å². The van der Waals surface area contributed by atoms with Gasteiger partial charge in [0.1, 0.15) is 12.4 Å². The Balaban J connectivity index is 2.74. The Kier molecular flexibility index (Phi) is 5.82. The number of benzene rings is 1. The Morgan fingerprint density at radius 2 is 1.95 bits per heavy atom. The quantitative estimate of drug-likeness (QED) is 0.856. The second-order valence-electron chi connectivity index (χ2n) is 4.62. The normalized spacial score (nSPS) is 13.6. The van der Waals surface area contributed by atoms with E-state index in [1.165, 1.54) is 0 Å². The van der Waals surface area contributed by atoms with Crippen LogP contribution in [0, 0.1) is 0 Å². The molecule has 0 saturated heterocycles. The molecule has 4 nitrogen and oxygen atoms in total. The molecule has 0 amide bonds. The third-order valence-electron chi connectivity index (χ3n) is 2.77. The molecule has 0 radical (unpaired) electrons. The van der Waals surface area contributed by atoms with Crippen LogP contribution in [0.4, 0.5) is 0 Å². The van der Waals surface area contributed by atoms with Crippen LogP contribution in [0.25, 0.3) is 0 Å². The van der Waals surface area contributed by atoms with E-state index in [2.05, 4.69) is 15.9 Å². The topological polar surface area (TPSA) is 63.6 Å². The fraction of sp³-hybridized carbons (Fsp3) is 0.538. The minimum atomic E-state index is -3.11. The van der Waals surface area contributed by atoms with Gasteiger partial charge in [-0.1, -0.05) is 15.9 Å². The molecule has 6 heteroatoms. The lowest BCUT2D eigenvalue weighted by molar-refractivity contribution is 0.192. The van der Waals surface area contributed by atoms with Gasteiger partial charge in [-0.2, -0.15) is 0 Å². The van der Waals surface area contributed by atoms with E-state index in [9.17, 15) is 13.5 Å². The summed E-state index contributed by atoms with van der Waals surface area (Å²) in [6.07, 6.45) is -0.672. The average molecular weight is 351 g/mol. The first-order valence-corrected chi connectivity index (χ1v) is 8.56. The predicted octanol–water partition coefficient (Wildman–Crippen LogP) is 2.70. The van der Waals surface area contributed by atoms with Gasteiger partial charge in [-0.3, -0.25) is 0 Å². The molecule has 0 aliphatic heterocycles. The van der Waals surface area contributed by atoms with Crippen LogP contribution in [0.1, 0.15) is 32.4 Å². The Hall–Kier alpha value is -0.590. The highest BCUT2D eigenvalue weighted by molar-refractivity contribution is 9.10. The van der Waals surface area contributed by atoms with E-state index < -0.39 is 21.2 Å². The maximum atomic E-state index is 11.7. The molecule has 0 bridgehead atoms. The number of rotatable bonds is 6. The fourth-order valence-corrected chi connectivity index (χ4v) is 2.65. The number of hydrogen-bond acceptors (Lipinski definition) is 4. The Morgan fingerprint density at radius 3 is 2.47 bits per heavy atom. The Morgan fingerprint density at radius 1 is 1.32 bits per heavy atom. The molecule has 0 saturated carbocycles. The van der Waals surface area contributed by atoms with Crippen molar-refractivity contribution >= 4 is 25.8 Å². The fourth-order valence-electron chi connectivity index (χ4n) is 1.48. The molecule has 0 unspecified atom stereocenters. The minimum Gasteiger partial charge on any atom is -0.492 e. The van der Waals surface area contributed by atoms with Crippen LogP contribution in [0.3, 0.4) is 0 Å². The molecule has 0 heterocycles. The Labute approximate surface area is 122 Å². The molecular weight excluding hydrogens is 332 g/mol. The molecule has 19 heavy (non-hydrogen) atoms. The van der Waals surface area contributed by atoms with Crippen molar-refractivity contribution in [2.24, 2.45) is 0 Å². The van der Waals surface area contributed by atoms with Gasteiger partial charge in [-0.15, -0.1) is 0 Å². The average Bonchev–Trinajstić information content (AvgIpc) is 2.30. The van der Waals surface area contributed by atoms with E-state index in [1.807, 2.05) is 0 Å². The minimum absolute atomic E-state index is 0.0278. The number of sulfone groups is 1. The first kappa shape index (κ1) is 16.5. The summed E-state index contributed by atoms with van der Waals surface area (Å²) < 4.78 is 29.6. The van der Waals surface area contributed by atoms with Gasteiger partial charge in [-0.25, -0.2) is 8.42 Å².